The van der Waals surface area contributed by atoms with E-state index in [1.54, 1.807) is 0 Å². The Labute approximate surface area is 127 Å². The molecule has 2 amide bonds. The molecule has 0 aromatic carbocycles. The Hall–Kier alpha value is -1.49. The van der Waals surface area contributed by atoms with Crippen LogP contribution >= 0.6 is 0 Å². The van der Waals surface area contributed by atoms with Gasteiger partial charge in [-0.05, 0) is 44.6 Å². The fourth-order valence-corrected chi connectivity index (χ4v) is 2.54. The first-order valence-corrected chi connectivity index (χ1v) is 7.65. The topological polar surface area (TPSA) is 74.5 Å². The number of rotatable bonds is 8. The predicted molar refractivity (Wildman–Crippen MR) is 83.1 cm³/mol. The van der Waals surface area contributed by atoms with Gasteiger partial charge in [-0.1, -0.05) is 13.8 Å². The standard InChI is InChI=1S/C16H28N2O3/c1-5-16(6-2,7-8-19)11-18-15(20)17-10-14-9-12(3)21-13(14)4/h9,19H,5-8,10-11H2,1-4H3,(H2,17,18,20). The Morgan fingerprint density at radius 3 is 2.43 bits per heavy atom. The molecule has 3 N–H and O–H groups in total. The minimum Gasteiger partial charge on any atom is -0.466 e. The Morgan fingerprint density at radius 2 is 1.95 bits per heavy atom. The van der Waals surface area contributed by atoms with Crippen molar-refractivity contribution < 1.29 is 14.3 Å². The van der Waals surface area contributed by atoms with Crippen LogP contribution in [-0.4, -0.2) is 24.3 Å². The Morgan fingerprint density at radius 1 is 1.29 bits per heavy atom. The second-order valence-electron chi connectivity index (χ2n) is 5.66. The van der Waals surface area contributed by atoms with Crippen LogP contribution in [0.25, 0.3) is 0 Å². The molecular formula is C16H28N2O3. The van der Waals surface area contributed by atoms with Crippen LogP contribution in [0.4, 0.5) is 4.79 Å². The zero-order valence-electron chi connectivity index (χ0n) is 13.6. The number of nitrogens with one attached hydrogen (secondary N) is 2. The lowest BCUT2D eigenvalue weighted by Gasteiger charge is -2.31. The quantitative estimate of drug-likeness (QED) is 0.690. The minimum absolute atomic E-state index is 0.0196. The van der Waals surface area contributed by atoms with E-state index in [2.05, 4.69) is 24.5 Å². The largest absolute Gasteiger partial charge is 0.466 e. The van der Waals surface area contributed by atoms with Gasteiger partial charge in [-0.2, -0.15) is 0 Å². The molecule has 21 heavy (non-hydrogen) atoms. The number of aliphatic hydroxyl groups excluding tert-OH is 1. The van der Waals surface area contributed by atoms with Gasteiger partial charge in [0.25, 0.3) is 0 Å². The fourth-order valence-electron chi connectivity index (χ4n) is 2.54. The van der Waals surface area contributed by atoms with Gasteiger partial charge in [0.05, 0.1) is 0 Å². The number of aryl methyl sites for hydroxylation is 2. The molecule has 0 bridgehead atoms. The zero-order valence-corrected chi connectivity index (χ0v) is 13.6. The number of hydrogen-bond acceptors (Lipinski definition) is 3. The zero-order chi connectivity index (χ0) is 15.9. The third kappa shape index (κ3) is 5.08. The average Bonchev–Trinajstić information content (AvgIpc) is 2.79. The highest BCUT2D eigenvalue weighted by atomic mass is 16.3. The normalized spacial score (nSPS) is 11.5. The first-order valence-electron chi connectivity index (χ1n) is 7.65. The maximum absolute atomic E-state index is 11.9. The summed E-state index contributed by atoms with van der Waals surface area (Å²) in [6, 6.07) is 1.75. The van der Waals surface area contributed by atoms with E-state index in [1.807, 2.05) is 19.9 Å². The van der Waals surface area contributed by atoms with Gasteiger partial charge in [-0.25, -0.2) is 4.79 Å². The predicted octanol–water partition coefficient (Wildman–Crippen LogP) is 2.88. The molecule has 0 aliphatic heterocycles. The van der Waals surface area contributed by atoms with Crippen LogP contribution in [0.1, 0.15) is 50.2 Å². The lowest BCUT2D eigenvalue weighted by atomic mass is 9.79. The van der Waals surface area contributed by atoms with Crippen molar-refractivity contribution in [3.8, 4) is 0 Å². The van der Waals surface area contributed by atoms with Crippen molar-refractivity contribution in [2.24, 2.45) is 5.41 Å². The molecule has 0 unspecified atom stereocenters. The molecule has 0 radical (unpaired) electrons. The molecule has 1 aromatic rings. The van der Waals surface area contributed by atoms with E-state index in [-0.39, 0.29) is 18.1 Å². The van der Waals surface area contributed by atoms with Gasteiger partial charge in [0.15, 0.2) is 0 Å². The van der Waals surface area contributed by atoms with Gasteiger partial charge in [0.2, 0.25) is 0 Å². The number of amides is 2. The Bertz CT molecular complexity index is 450. The highest BCUT2D eigenvalue weighted by Gasteiger charge is 2.26. The summed E-state index contributed by atoms with van der Waals surface area (Å²) in [5, 5.41) is 14.9. The van der Waals surface area contributed by atoms with E-state index in [0.717, 1.165) is 29.9 Å². The number of aliphatic hydroxyl groups is 1. The van der Waals surface area contributed by atoms with Crippen LogP contribution < -0.4 is 10.6 Å². The van der Waals surface area contributed by atoms with E-state index >= 15 is 0 Å². The molecule has 0 saturated carbocycles. The highest BCUT2D eigenvalue weighted by molar-refractivity contribution is 5.73. The lowest BCUT2D eigenvalue weighted by molar-refractivity contribution is 0.163. The van der Waals surface area contributed by atoms with Crippen LogP contribution in [0.5, 0.6) is 0 Å². The highest BCUT2D eigenvalue weighted by Crippen LogP contribution is 2.29. The molecule has 5 heteroatoms. The van der Waals surface area contributed by atoms with Gasteiger partial charge in [0.1, 0.15) is 11.5 Å². The van der Waals surface area contributed by atoms with Crippen LogP contribution in [0, 0.1) is 19.3 Å². The van der Waals surface area contributed by atoms with E-state index in [1.165, 1.54) is 0 Å². The maximum atomic E-state index is 11.9. The summed E-state index contributed by atoms with van der Waals surface area (Å²) in [6.07, 6.45) is 2.58. The summed E-state index contributed by atoms with van der Waals surface area (Å²) in [7, 11) is 0. The monoisotopic (exact) mass is 296 g/mol. The average molecular weight is 296 g/mol. The summed E-state index contributed by atoms with van der Waals surface area (Å²) in [5.74, 6) is 1.69. The number of carbonyl (C=O) groups excluding carboxylic acids is 1. The van der Waals surface area contributed by atoms with E-state index in [0.29, 0.717) is 19.5 Å². The first-order chi connectivity index (χ1) is 9.96. The molecule has 0 saturated heterocycles. The number of hydrogen-bond donors (Lipinski definition) is 3. The molecular weight excluding hydrogens is 268 g/mol. The van der Waals surface area contributed by atoms with Crippen molar-refractivity contribution in [3.63, 3.8) is 0 Å². The van der Waals surface area contributed by atoms with Crippen molar-refractivity contribution in [1.29, 1.82) is 0 Å². The Balaban J connectivity index is 2.44. The summed E-state index contributed by atoms with van der Waals surface area (Å²) < 4.78 is 5.43. The van der Waals surface area contributed by atoms with Crippen molar-refractivity contribution in [3.05, 3.63) is 23.2 Å². The van der Waals surface area contributed by atoms with Crippen LogP contribution in [0.15, 0.2) is 10.5 Å². The van der Waals surface area contributed by atoms with E-state index in [9.17, 15) is 9.90 Å². The molecule has 1 aromatic heterocycles. The maximum Gasteiger partial charge on any atom is 0.315 e. The van der Waals surface area contributed by atoms with Gasteiger partial charge in [-0.15, -0.1) is 0 Å². The molecule has 1 heterocycles. The van der Waals surface area contributed by atoms with Gasteiger partial charge in [-0.3, -0.25) is 0 Å². The SMILES string of the molecule is CCC(CC)(CCO)CNC(=O)NCc1cc(C)oc1C. The fraction of sp³-hybridized carbons (Fsp3) is 0.688. The molecule has 0 aliphatic rings. The van der Waals surface area contributed by atoms with Gasteiger partial charge < -0.3 is 20.2 Å². The molecule has 0 aliphatic carbocycles. The van der Waals surface area contributed by atoms with Crippen LogP contribution in [0.3, 0.4) is 0 Å². The number of urea groups is 1. The summed E-state index contributed by atoms with van der Waals surface area (Å²) >= 11 is 0. The number of furan rings is 1. The summed E-state index contributed by atoms with van der Waals surface area (Å²) in [5.41, 5.74) is 0.976. The third-order valence-corrected chi connectivity index (χ3v) is 4.35. The molecule has 1 rings (SSSR count). The lowest BCUT2D eigenvalue weighted by Crippen LogP contribution is -2.42. The third-order valence-electron chi connectivity index (χ3n) is 4.35. The summed E-state index contributed by atoms with van der Waals surface area (Å²) in [4.78, 5) is 11.9. The van der Waals surface area contributed by atoms with E-state index < -0.39 is 0 Å². The minimum atomic E-state index is -0.183. The summed E-state index contributed by atoms with van der Waals surface area (Å²) in [6.45, 7) is 9.16. The molecule has 0 atom stereocenters. The molecule has 0 fully saturated rings. The van der Waals surface area contributed by atoms with Gasteiger partial charge >= 0.3 is 6.03 Å². The smallest absolute Gasteiger partial charge is 0.315 e. The second kappa shape index (κ2) is 8.08. The molecule has 5 nitrogen and oxygen atoms in total. The molecule has 0 spiro atoms. The van der Waals surface area contributed by atoms with Crippen molar-refractivity contribution >= 4 is 6.03 Å². The Kier molecular flexibility index (Phi) is 6.75. The molecule has 120 valence electrons. The van der Waals surface area contributed by atoms with Crippen molar-refractivity contribution in [1.82, 2.24) is 10.6 Å². The van der Waals surface area contributed by atoms with Crippen LogP contribution in [0.2, 0.25) is 0 Å². The van der Waals surface area contributed by atoms with E-state index in [4.69, 9.17) is 4.42 Å². The number of carbonyl (C=O) groups is 1. The van der Waals surface area contributed by atoms with Crippen LogP contribution in [-0.2, 0) is 6.54 Å². The second-order valence-corrected chi connectivity index (χ2v) is 5.66. The van der Waals surface area contributed by atoms with Gasteiger partial charge in [0, 0.05) is 25.3 Å². The van der Waals surface area contributed by atoms with Crippen molar-refractivity contribution in [2.75, 3.05) is 13.2 Å². The first kappa shape index (κ1) is 17.6. The van der Waals surface area contributed by atoms with Crippen molar-refractivity contribution in [2.45, 2.75) is 53.5 Å².